The van der Waals surface area contributed by atoms with Crippen LogP contribution < -0.4 is 10.6 Å². The first-order chi connectivity index (χ1) is 11.6. The van der Waals surface area contributed by atoms with E-state index in [1.54, 1.807) is 6.20 Å². The van der Waals surface area contributed by atoms with Gasteiger partial charge in [-0.3, -0.25) is 9.88 Å². The molecule has 0 radical (unpaired) electrons. The van der Waals surface area contributed by atoms with E-state index in [1.165, 1.54) is 0 Å². The normalized spacial score (nSPS) is 17.7. The molecule has 0 aromatic carbocycles. The fourth-order valence-electron chi connectivity index (χ4n) is 3.05. The van der Waals surface area contributed by atoms with Crippen molar-refractivity contribution in [1.82, 2.24) is 25.4 Å². The van der Waals surface area contributed by atoms with Crippen molar-refractivity contribution in [3.63, 3.8) is 0 Å². The molecule has 2 heterocycles. The molecule has 2 amide bonds. The van der Waals surface area contributed by atoms with Gasteiger partial charge in [-0.05, 0) is 25.1 Å². The minimum Gasteiger partial charge on any atom is -0.338 e. The number of amides is 2. The van der Waals surface area contributed by atoms with Gasteiger partial charge in [-0.2, -0.15) is 0 Å². The maximum atomic E-state index is 12.0. The number of urea groups is 1. The molecular formula is C18H31N5O. The first-order valence-electron chi connectivity index (χ1n) is 8.90. The average Bonchev–Trinajstić information content (AvgIpc) is 2.57. The van der Waals surface area contributed by atoms with Crippen LogP contribution in [0.25, 0.3) is 0 Å². The molecule has 1 aromatic heterocycles. The van der Waals surface area contributed by atoms with Gasteiger partial charge in [0.15, 0.2) is 0 Å². The predicted octanol–water partition coefficient (Wildman–Crippen LogP) is 1.20. The molecular weight excluding hydrogens is 302 g/mol. The number of carbonyl (C=O) groups excluding carboxylic acids is 1. The van der Waals surface area contributed by atoms with E-state index in [2.05, 4.69) is 46.3 Å². The van der Waals surface area contributed by atoms with Crippen LogP contribution in [-0.4, -0.2) is 73.2 Å². The van der Waals surface area contributed by atoms with Gasteiger partial charge in [0.05, 0.1) is 0 Å². The van der Waals surface area contributed by atoms with E-state index < -0.39 is 0 Å². The van der Waals surface area contributed by atoms with Gasteiger partial charge >= 0.3 is 6.03 Å². The molecule has 1 aromatic rings. The Bertz CT molecular complexity index is 485. The molecule has 1 saturated heterocycles. The second-order valence-electron chi connectivity index (χ2n) is 6.86. The molecule has 0 bridgehead atoms. The van der Waals surface area contributed by atoms with Crippen LogP contribution in [0.1, 0.15) is 19.5 Å². The Balaban J connectivity index is 1.70. The fraction of sp³-hybridized carbons (Fsp3) is 0.667. The van der Waals surface area contributed by atoms with Crippen LogP contribution in [0.5, 0.6) is 0 Å². The zero-order chi connectivity index (χ0) is 17.4. The lowest BCUT2D eigenvalue weighted by Crippen LogP contribution is -2.55. The molecule has 2 rings (SSSR count). The third-order valence-corrected chi connectivity index (χ3v) is 4.64. The molecule has 1 fully saturated rings. The monoisotopic (exact) mass is 333 g/mol. The number of carbonyl (C=O) groups is 1. The molecule has 0 unspecified atom stereocenters. The maximum absolute atomic E-state index is 12.0. The van der Waals surface area contributed by atoms with E-state index in [-0.39, 0.29) is 6.03 Å². The highest BCUT2D eigenvalue weighted by molar-refractivity contribution is 5.73. The lowest BCUT2D eigenvalue weighted by molar-refractivity contribution is 0.0887. The summed E-state index contributed by atoms with van der Waals surface area (Å²) in [6.45, 7) is 10.1. The quantitative estimate of drug-likeness (QED) is 0.787. The largest absolute Gasteiger partial charge is 0.338 e. The minimum atomic E-state index is -0.0919. The van der Waals surface area contributed by atoms with Crippen molar-refractivity contribution in [1.29, 1.82) is 0 Å². The highest BCUT2D eigenvalue weighted by atomic mass is 16.2. The smallest absolute Gasteiger partial charge is 0.314 e. The Morgan fingerprint density at radius 1 is 1.21 bits per heavy atom. The molecule has 134 valence electrons. The van der Waals surface area contributed by atoms with Crippen molar-refractivity contribution in [3.8, 4) is 0 Å². The summed E-state index contributed by atoms with van der Waals surface area (Å²) >= 11 is 0. The third-order valence-electron chi connectivity index (χ3n) is 4.64. The van der Waals surface area contributed by atoms with Crippen LogP contribution in [-0.2, 0) is 6.42 Å². The van der Waals surface area contributed by atoms with Crippen molar-refractivity contribution < 1.29 is 4.79 Å². The molecule has 1 atom stereocenters. The maximum Gasteiger partial charge on any atom is 0.314 e. The van der Waals surface area contributed by atoms with Gasteiger partial charge in [0.25, 0.3) is 0 Å². The number of nitrogens with zero attached hydrogens (tertiary/aromatic N) is 3. The van der Waals surface area contributed by atoms with Crippen LogP contribution in [0.3, 0.4) is 0 Å². The van der Waals surface area contributed by atoms with Crippen molar-refractivity contribution in [2.24, 2.45) is 5.92 Å². The summed E-state index contributed by atoms with van der Waals surface area (Å²) < 4.78 is 0. The minimum absolute atomic E-state index is 0.0919. The molecule has 2 N–H and O–H groups in total. The van der Waals surface area contributed by atoms with Gasteiger partial charge in [-0.25, -0.2) is 4.79 Å². The van der Waals surface area contributed by atoms with Crippen molar-refractivity contribution in [2.75, 3.05) is 46.3 Å². The molecule has 6 nitrogen and oxygen atoms in total. The topological polar surface area (TPSA) is 60.5 Å². The summed E-state index contributed by atoms with van der Waals surface area (Å²) in [6.07, 6.45) is 2.53. The van der Waals surface area contributed by atoms with Gasteiger partial charge in [0.1, 0.15) is 0 Å². The Morgan fingerprint density at radius 3 is 2.58 bits per heavy atom. The van der Waals surface area contributed by atoms with Crippen LogP contribution in [0.4, 0.5) is 4.79 Å². The lowest BCUT2D eigenvalue weighted by Gasteiger charge is -2.39. The summed E-state index contributed by atoms with van der Waals surface area (Å²) in [6, 6.07) is 6.13. The summed E-state index contributed by atoms with van der Waals surface area (Å²) in [4.78, 5) is 21.1. The predicted molar refractivity (Wildman–Crippen MR) is 97.0 cm³/mol. The first-order valence-corrected chi connectivity index (χ1v) is 8.90. The molecule has 6 heteroatoms. The number of hydrogen-bond donors (Lipinski definition) is 2. The summed E-state index contributed by atoms with van der Waals surface area (Å²) in [5, 5.41) is 5.95. The lowest BCUT2D eigenvalue weighted by atomic mass is 10.0. The highest BCUT2D eigenvalue weighted by Gasteiger charge is 2.25. The summed E-state index contributed by atoms with van der Waals surface area (Å²) in [5.74, 6) is 0.516. The van der Waals surface area contributed by atoms with Crippen molar-refractivity contribution >= 4 is 6.03 Å². The zero-order valence-corrected chi connectivity index (χ0v) is 15.2. The Labute approximate surface area is 145 Å². The molecule has 1 aliphatic rings. The van der Waals surface area contributed by atoms with Crippen molar-refractivity contribution in [2.45, 2.75) is 26.3 Å². The van der Waals surface area contributed by atoms with Crippen LogP contribution in [0.2, 0.25) is 0 Å². The number of rotatable bonds is 7. The number of aromatic nitrogens is 1. The second kappa shape index (κ2) is 9.59. The van der Waals surface area contributed by atoms with Crippen LogP contribution >= 0.6 is 0 Å². The Kier molecular flexibility index (Phi) is 7.46. The van der Waals surface area contributed by atoms with Crippen LogP contribution in [0.15, 0.2) is 24.4 Å². The molecule has 1 aliphatic heterocycles. The van der Waals surface area contributed by atoms with E-state index in [0.717, 1.165) is 38.3 Å². The first kappa shape index (κ1) is 18.7. The third kappa shape index (κ3) is 6.09. The average molecular weight is 333 g/mol. The molecule has 24 heavy (non-hydrogen) atoms. The summed E-state index contributed by atoms with van der Waals surface area (Å²) in [5.41, 5.74) is 0.996. The van der Waals surface area contributed by atoms with E-state index in [4.69, 9.17) is 0 Å². The number of piperazine rings is 1. The van der Waals surface area contributed by atoms with Gasteiger partial charge in [0, 0.05) is 63.6 Å². The summed E-state index contributed by atoms with van der Waals surface area (Å²) in [7, 11) is 2.16. The number of nitrogens with one attached hydrogen (secondary N) is 2. The van der Waals surface area contributed by atoms with E-state index in [1.807, 2.05) is 18.2 Å². The Morgan fingerprint density at radius 2 is 1.96 bits per heavy atom. The SMILES string of the molecule is CC(C)[C@@H](CNC(=O)NCCc1ccccn1)N1CCN(C)CC1. The molecule has 0 spiro atoms. The van der Waals surface area contributed by atoms with Gasteiger partial charge < -0.3 is 15.5 Å². The van der Waals surface area contributed by atoms with Gasteiger partial charge in [0.2, 0.25) is 0 Å². The van der Waals surface area contributed by atoms with E-state index >= 15 is 0 Å². The van der Waals surface area contributed by atoms with Gasteiger partial charge in [-0.15, -0.1) is 0 Å². The second-order valence-corrected chi connectivity index (χ2v) is 6.86. The molecule has 0 saturated carbocycles. The van der Waals surface area contributed by atoms with Crippen molar-refractivity contribution in [3.05, 3.63) is 30.1 Å². The zero-order valence-electron chi connectivity index (χ0n) is 15.2. The number of hydrogen-bond acceptors (Lipinski definition) is 4. The highest BCUT2D eigenvalue weighted by Crippen LogP contribution is 2.12. The standard InChI is InChI=1S/C18H31N5O/c1-15(2)17(23-12-10-22(3)11-13-23)14-21-18(24)20-9-7-16-6-4-5-8-19-16/h4-6,8,15,17H,7,9-14H2,1-3H3,(H2,20,21,24)/t17-/m1/s1. The van der Waals surface area contributed by atoms with E-state index in [9.17, 15) is 4.79 Å². The number of likely N-dealkylation sites (N-methyl/N-ethyl adjacent to an activating group) is 1. The molecule has 0 aliphatic carbocycles. The fourth-order valence-corrected chi connectivity index (χ4v) is 3.05. The number of pyridine rings is 1. The van der Waals surface area contributed by atoms with E-state index in [0.29, 0.717) is 25.0 Å². The van der Waals surface area contributed by atoms with Crippen LogP contribution in [0, 0.1) is 5.92 Å². The Hall–Kier alpha value is -1.66. The van der Waals surface area contributed by atoms with Gasteiger partial charge in [-0.1, -0.05) is 19.9 Å².